The number of hydrogen-bond acceptors (Lipinski definition) is 0. The first-order valence-electron chi connectivity index (χ1n) is 13.7. The van der Waals surface area contributed by atoms with E-state index in [4.69, 9.17) is 0 Å². The minimum atomic E-state index is -1.04. The van der Waals surface area contributed by atoms with E-state index >= 15 is 0 Å². The summed E-state index contributed by atoms with van der Waals surface area (Å²) in [6, 6.07) is 0. The van der Waals surface area contributed by atoms with Gasteiger partial charge >= 0.3 is 189 Å². The van der Waals surface area contributed by atoms with Gasteiger partial charge in [-0.1, -0.05) is 0 Å². The van der Waals surface area contributed by atoms with E-state index in [2.05, 4.69) is 20.8 Å². The zero-order valence-electron chi connectivity index (χ0n) is 20.8. The molecule has 0 rings (SSSR count). The molecule has 0 spiro atoms. The molecule has 0 heterocycles. The van der Waals surface area contributed by atoms with Gasteiger partial charge in [-0.3, -0.25) is 0 Å². The Bertz CT molecular complexity index is 226. The first-order chi connectivity index (χ1) is 13.8. The maximum Gasteiger partial charge on any atom is -1.00 e. The fourth-order valence-corrected chi connectivity index (χ4v) is 12.9. The van der Waals surface area contributed by atoms with Crippen molar-refractivity contribution >= 4 is 19.8 Å². The van der Waals surface area contributed by atoms with Gasteiger partial charge in [-0.05, 0) is 0 Å². The Labute approximate surface area is 192 Å². The summed E-state index contributed by atoms with van der Waals surface area (Å²) in [5, 5.41) is 0. The predicted octanol–water partition coefficient (Wildman–Crippen LogP) is 7.74. The average molecular weight is 519 g/mol. The van der Waals surface area contributed by atoms with Crippen LogP contribution < -0.4 is 4.70 Å². The standard InChI is InChI=1S/3C9H19.FH.Sn/c3*1-3-5-7-9-8-6-4-2;;/h3*1,3-9H2,2H3;1H;/q;;;;+1/p-1. The van der Waals surface area contributed by atoms with Crippen LogP contribution in [-0.4, -0.2) is 19.8 Å². The van der Waals surface area contributed by atoms with Gasteiger partial charge < -0.3 is 4.70 Å². The maximum absolute atomic E-state index is 2.33. The summed E-state index contributed by atoms with van der Waals surface area (Å²) in [6.45, 7) is 6.98. The van der Waals surface area contributed by atoms with Crippen LogP contribution in [0.2, 0.25) is 13.3 Å². The Morgan fingerprint density at radius 2 is 0.517 bits per heavy atom. The van der Waals surface area contributed by atoms with E-state index in [1.807, 2.05) is 0 Å². The van der Waals surface area contributed by atoms with E-state index in [1.165, 1.54) is 96.3 Å². The van der Waals surface area contributed by atoms with Crippen LogP contribution in [0.1, 0.15) is 156 Å². The third-order valence-electron chi connectivity index (χ3n) is 6.40. The number of hydrogen-bond donors (Lipinski definition) is 0. The van der Waals surface area contributed by atoms with Gasteiger partial charge in [0, 0.05) is 0 Å². The maximum atomic E-state index is 2.33. The van der Waals surface area contributed by atoms with Gasteiger partial charge in [-0.25, -0.2) is 0 Å². The van der Waals surface area contributed by atoms with Crippen molar-refractivity contribution in [3.63, 3.8) is 0 Å². The Morgan fingerprint density at radius 1 is 0.310 bits per heavy atom. The quantitative estimate of drug-likeness (QED) is 0.0904. The Kier molecular flexibility index (Phi) is 31.6. The van der Waals surface area contributed by atoms with Crippen molar-refractivity contribution in [3.05, 3.63) is 0 Å². The molecule has 0 saturated heterocycles. The van der Waals surface area contributed by atoms with E-state index in [0.717, 1.165) is 0 Å². The zero-order chi connectivity index (χ0) is 20.5. The van der Waals surface area contributed by atoms with Crippen molar-refractivity contribution in [1.29, 1.82) is 0 Å². The fraction of sp³-hybridized carbons (Fsp3) is 1.00. The molecule has 0 amide bonds. The van der Waals surface area contributed by atoms with E-state index in [9.17, 15) is 0 Å². The van der Waals surface area contributed by atoms with Gasteiger partial charge in [0.2, 0.25) is 0 Å². The molecule has 0 aromatic carbocycles. The molecule has 0 aliphatic heterocycles. The molecule has 0 aliphatic carbocycles. The second-order valence-electron chi connectivity index (χ2n) is 9.36. The first-order valence-corrected chi connectivity index (χ1v) is 19.7. The number of unbranched alkanes of at least 4 members (excludes halogenated alkanes) is 18. The van der Waals surface area contributed by atoms with Crippen molar-refractivity contribution in [2.75, 3.05) is 0 Å². The molecule has 0 aliphatic rings. The molecule has 0 aromatic heterocycles. The Morgan fingerprint density at radius 3 is 0.759 bits per heavy atom. The molecule has 0 fully saturated rings. The molecular formula is C27H57FSn. The smallest absolute Gasteiger partial charge is 1.00 e. The van der Waals surface area contributed by atoms with E-state index < -0.39 is 19.8 Å². The summed E-state index contributed by atoms with van der Waals surface area (Å²) >= 11 is -1.04. The van der Waals surface area contributed by atoms with Gasteiger partial charge in [0.25, 0.3) is 0 Å². The minimum absolute atomic E-state index is 0. The third-order valence-corrected chi connectivity index (χ3v) is 15.5. The fourth-order valence-electron chi connectivity index (χ4n) is 4.37. The SMILES string of the molecule is CCCCCCCC[CH2][Sn+]([CH2]CCCCCCCC)[CH2]CCCCCCCC.[F-]. The molecule has 0 saturated carbocycles. The summed E-state index contributed by atoms with van der Waals surface area (Å²) in [5.74, 6) is 0. The van der Waals surface area contributed by atoms with E-state index in [1.54, 1.807) is 51.8 Å². The molecule has 0 nitrogen and oxygen atoms in total. The molecule has 0 aromatic rings. The molecule has 0 bridgehead atoms. The monoisotopic (exact) mass is 520 g/mol. The summed E-state index contributed by atoms with van der Waals surface area (Å²) in [7, 11) is 0. The van der Waals surface area contributed by atoms with Crippen molar-refractivity contribution in [1.82, 2.24) is 0 Å². The van der Waals surface area contributed by atoms with Crippen LogP contribution in [0.3, 0.4) is 0 Å². The molecular weight excluding hydrogens is 462 g/mol. The van der Waals surface area contributed by atoms with Crippen LogP contribution in [0.4, 0.5) is 0 Å². The zero-order valence-corrected chi connectivity index (χ0v) is 23.7. The van der Waals surface area contributed by atoms with Crippen LogP contribution in [0.5, 0.6) is 0 Å². The van der Waals surface area contributed by atoms with Gasteiger partial charge in [0.15, 0.2) is 0 Å². The summed E-state index contributed by atoms with van der Waals surface area (Å²) in [6.07, 6.45) is 31.4. The van der Waals surface area contributed by atoms with Gasteiger partial charge in [-0.2, -0.15) is 0 Å². The summed E-state index contributed by atoms with van der Waals surface area (Å²) in [4.78, 5) is 0. The first kappa shape index (κ1) is 31.9. The van der Waals surface area contributed by atoms with E-state index in [0.29, 0.717) is 0 Å². The number of halogens is 1. The van der Waals surface area contributed by atoms with Crippen LogP contribution in [0, 0.1) is 0 Å². The van der Waals surface area contributed by atoms with Gasteiger partial charge in [-0.15, -0.1) is 0 Å². The summed E-state index contributed by atoms with van der Waals surface area (Å²) in [5.41, 5.74) is 0. The van der Waals surface area contributed by atoms with Crippen molar-refractivity contribution in [3.8, 4) is 0 Å². The molecule has 0 radical (unpaired) electrons. The minimum Gasteiger partial charge on any atom is -1.00 e. The van der Waals surface area contributed by atoms with Crippen LogP contribution in [0.25, 0.3) is 0 Å². The largest absolute Gasteiger partial charge is 1.00 e. The Hall–Kier alpha value is 0.729. The number of rotatable bonds is 24. The molecule has 29 heavy (non-hydrogen) atoms. The van der Waals surface area contributed by atoms with Crippen LogP contribution in [0.15, 0.2) is 0 Å². The average Bonchev–Trinajstić information content (AvgIpc) is 2.71. The topological polar surface area (TPSA) is 0 Å². The Balaban J connectivity index is 0. The van der Waals surface area contributed by atoms with Crippen molar-refractivity contribution in [2.45, 2.75) is 169 Å². The third kappa shape index (κ3) is 26.7. The van der Waals surface area contributed by atoms with Crippen molar-refractivity contribution in [2.24, 2.45) is 0 Å². The molecule has 0 N–H and O–H groups in total. The van der Waals surface area contributed by atoms with Gasteiger partial charge in [0.1, 0.15) is 0 Å². The normalized spacial score (nSPS) is 10.9. The predicted molar refractivity (Wildman–Crippen MR) is 134 cm³/mol. The molecule has 0 unspecified atom stereocenters. The molecule has 176 valence electrons. The molecule has 2 heteroatoms. The molecule has 0 atom stereocenters. The second-order valence-corrected chi connectivity index (χ2v) is 17.9. The van der Waals surface area contributed by atoms with Crippen LogP contribution in [-0.2, 0) is 0 Å². The van der Waals surface area contributed by atoms with E-state index in [-0.39, 0.29) is 4.70 Å². The second kappa shape index (κ2) is 28.7. The van der Waals surface area contributed by atoms with Gasteiger partial charge in [0.05, 0.1) is 0 Å². The van der Waals surface area contributed by atoms with Crippen LogP contribution >= 0.6 is 0 Å². The van der Waals surface area contributed by atoms with Crippen molar-refractivity contribution < 1.29 is 4.70 Å². The summed E-state index contributed by atoms with van der Waals surface area (Å²) < 4.78 is 5.17.